The molecule has 1 heterocycles. The normalized spacial score (nSPS) is 35.0. The van der Waals surface area contributed by atoms with Gasteiger partial charge in [0.2, 0.25) is 5.91 Å². The van der Waals surface area contributed by atoms with Crippen molar-refractivity contribution < 1.29 is 9.53 Å². The molecule has 4 nitrogen and oxygen atoms in total. The summed E-state index contributed by atoms with van der Waals surface area (Å²) in [6.45, 7) is 8.11. The Kier molecular flexibility index (Phi) is 5.44. The van der Waals surface area contributed by atoms with E-state index in [1.165, 1.54) is 0 Å². The van der Waals surface area contributed by atoms with Gasteiger partial charge < -0.3 is 15.4 Å². The van der Waals surface area contributed by atoms with E-state index in [0.29, 0.717) is 18.2 Å². The van der Waals surface area contributed by atoms with Crippen LogP contribution in [0.15, 0.2) is 0 Å². The Labute approximate surface area is 123 Å². The van der Waals surface area contributed by atoms with Gasteiger partial charge in [-0.1, -0.05) is 0 Å². The highest BCUT2D eigenvalue weighted by Crippen LogP contribution is 2.28. The molecule has 0 bridgehead atoms. The average Bonchev–Trinajstić information content (AvgIpc) is 2.41. The highest BCUT2D eigenvalue weighted by molar-refractivity contribution is 5.82. The van der Waals surface area contributed by atoms with Crippen LogP contribution in [0.25, 0.3) is 0 Å². The zero-order chi connectivity index (χ0) is 14.6. The van der Waals surface area contributed by atoms with Crippen LogP contribution < -0.4 is 10.6 Å². The van der Waals surface area contributed by atoms with E-state index >= 15 is 0 Å². The number of hydrogen-bond donors (Lipinski definition) is 2. The second kappa shape index (κ2) is 6.90. The second-order valence-electron chi connectivity index (χ2n) is 6.97. The van der Waals surface area contributed by atoms with Crippen LogP contribution in [0.2, 0.25) is 0 Å². The SMILES string of the molecule is CC(C)OC1CCC(NC(=O)C2(C)CCCNC2)CC1. The standard InChI is InChI=1S/C16H30N2O2/c1-12(2)20-14-7-5-13(6-8-14)18-15(19)16(3)9-4-10-17-11-16/h12-14,17H,4-11H2,1-3H3,(H,18,19). The molecule has 2 rings (SSSR count). The summed E-state index contributed by atoms with van der Waals surface area (Å²) in [5.74, 6) is 0.234. The van der Waals surface area contributed by atoms with Gasteiger partial charge in [0.15, 0.2) is 0 Å². The molecule has 1 aliphatic heterocycles. The third kappa shape index (κ3) is 4.19. The number of piperidine rings is 1. The number of carbonyl (C=O) groups excluding carboxylic acids is 1. The van der Waals surface area contributed by atoms with Crippen molar-refractivity contribution in [2.75, 3.05) is 13.1 Å². The van der Waals surface area contributed by atoms with Gasteiger partial charge in [-0.3, -0.25) is 4.79 Å². The average molecular weight is 282 g/mol. The maximum absolute atomic E-state index is 12.5. The first-order valence-corrected chi connectivity index (χ1v) is 8.17. The molecule has 1 saturated carbocycles. The third-order valence-corrected chi connectivity index (χ3v) is 4.62. The van der Waals surface area contributed by atoms with Gasteiger partial charge in [-0.15, -0.1) is 0 Å². The minimum absolute atomic E-state index is 0.219. The lowest BCUT2D eigenvalue weighted by Gasteiger charge is -2.36. The zero-order valence-electron chi connectivity index (χ0n) is 13.2. The van der Waals surface area contributed by atoms with Gasteiger partial charge in [0.1, 0.15) is 0 Å². The Morgan fingerprint density at radius 3 is 2.55 bits per heavy atom. The summed E-state index contributed by atoms with van der Waals surface area (Å²) < 4.78 is 5.86. The lowest BCUT2D eigenvalue weighted by atomic mass is 9.81. The van der Waals surface area contributed by atoms with Gasteiger partial charge in [-0.05, 0) is 65.8 Å². The van der Waals surface area contributed by atoms with Crippen LogP contribution >= 0.6 is 0 Å². The molecule has 0 radical (unpaired) electrons. The van der Waals surface area contributed by atoms with E-state index in [9.17, 15) is 4.79 Å². The first-order chi connectivity index (χ1) is 9.49. The fourth-order valence-corrected chi connectivity index (χ4v) is 3.34. The Morgan fingerprint density at radius 2 is 2.00 bits per heavy atom. The molecule has 4 heteroatoms. The highest BCUT2D eigenvalue weighted by Gasteiger charge is 2.36. The largest absolute Gasteiger partial charge is 0.376 e. The summed E-state index contributed by atoms with van der Waals surface area (Å²) in [7, 11) is 0. The van der Waals surface area contributed by atoms with E-state index in [4.69, 9.17) is 4.74 Å². The molecule has 0 spiro atoms. The first-order valence-electron chi connectivity index (χ1n) is 8.17. The highest BCUT2D eigenvalue weighted by atomic mass is 16.5. The van der Waals surface area contributed by atoms with Crippen molar-refractivity contribution >= 4 is 5.91 Å². The number of nitrogens with one attached hydrogen (secondary N) is 2. The molecule has 1 saturated heterocycles. The minimum atomic E-state index is -0.219. The van der Waals surface area contributed by atoms with Gasteiger partial charge in [-0.25, -0.2) is 0 Å². The van der Waals surface area contributed by atoms with Crippen molar-refractivity contribution in [2.24, 2.45) is 5.41 Å². The van der Waals surface area contributed by atoms with Crippen LogP contribution in [0.1, 0.15) is 59.3 Å². The van der Waals surface area contributed by atoms with Crippen molar-refractivity contribution in [3.05, 3.63) is 0 Å². The Morgan fingerprint density at radius 1 is 1.30 bits per heavy atom. The molecule has 2 aliphatic rings. The summed E-state index contributed by atoms with van der Waals surface area (Å²) in [4.78, 5) is 12.5. The Hall–Kier alpha value is -0.610. The molecule has 116 valence electrons. The van der Waals surface area contributed by atoms with Crippen LogP contribution in [0.4, 0.5) is 0 Å². The van der Waals surface area contributed by atoms with Crippen LogP contribution in [0.5, 0.6) is 0 Å². The van der Waals surface area contributed by atoms with Crippen molar-refractivity contribution in [1.29, 1.82) is 0 Å². The van der Waals surface area contributed by atoms with Crippen molar-refractivity contribution in [2.45, 2.75) is 77.5 Å². The van der Waals surface area contributed by atoms with E-state index in [-0.39, 0.29) is 11.3 Å². The van der Waals surface area contributed by atoms with Crippen LogP contribution in [0, 0.1) is 5.41 Å². The van der Waals surface area contributed by atoms with Gasteiger partial charge in [-0.2, -0.15) is 0 Å². The lowest BCUT2D eigenvalue weighted by Crippen LogP contribution is -2.52. The summed E-state index contributed by atoms with van der Waals surface area (Å²) in [6, 6.07) is 0.341. The molecular weight excluding hydrogens is 252 g/mol. The summed E-state index contributed by atoms with van der Waals surface area (Å²) in [6.07, 6.45) is 7.01. The Bertz CT molecular complexity index is 316. The van der Waals surface area contributed by atoms with Gasteiger partial charge >= 0.3 is 0 Å². The molecule has 2 fully saturated rings. The number of ether oxygens (including phenoxy) is 1. The van der Waals surface area contributed by atoms with Gasteiger partial charge in [0.05, 0.1) is 17.6 Å². The van der Waals surface area contributed by atoms with Crippen LogP contribution in [-0.2, 0) is 9.53 Å². The Balaban J connectivity index is 1.76. The van der Waals surface area contributed by atoms with Gasteiger partial charge in [0, 0.05) is 12.6 Å². The molecule has 0 aromatic carbocycles. The van der Waals surface area contributed by atoms with Crippen molar-refractivity contribution in [3.63, 3.8) is 0 Å². The lowest BCUT2D eigenvalue weighted by molar-refractivity contribution is -0.132. The number of amides is 1. The van der Waals surface area contributed by atoms with E-state index in [1.807, 2.05) is 0 Å². The summed E-state index contributed by atoms with van der Waals surface area (Å²) in [5, 5.41) is 6.61. The predicted octanol–water partition coefficient (Wildman–Crippen LogP) is 2.23. The van der Waals surface area contributed by atoms with Crippen molar-refractivity contribution in [3.8, 4) is 0 Å². The molecule has 0 aromatic heterocycles. The topological polar surface area (TPSA) is 50.4 Å². The van der Waals surface area contributed by atoms with Crippen LogP contribution in [0.3, 0.4) is 0 Å². The van der Waals surface area contributed by atoms with E-state index in [2.05, 4.69) is 31.4 Å². The van der Waals surface area contributed by atoms with Crippen LogP contribution in [-0.4, -0.2) is 37.2 Å². The molecular formula is C16H30N2O2. The molecule has 1 aliphatic carbocycles. The first kappa shape index (κ1) is 15.8. The van der Waals surface area contributed by atoms with Gasteiger partial charge in [0.25, 0.3) is 0 Å². The second-order valence-corrected chi connectivity index (χ2v) is 6.97. The molecule has 1 atom stereocenters. The monoisotopic (exact) mass is 282 g/mol. The number of hydrogen-bond acceptors (Lipinski definition) is 3. The minimum Gasteiger partial charge on any atom is -0.376 e. The molecule has 2 N–H and O–H groups in total. The number of rotatable bonds is 4. The number of carbonyl (C=O) groups is 1. The zero-order valence-corrected chi connectivity index (χ0v) is 13.2. The summed E-state index contributed by atoms with van der Waals surface area (Å²) >= 11 is 0. The van der Waals surface area contributed by atoms with E-state index in [0.717, 1.165) is 51.6 Å². The maximum atomic E-state index is 12.5. The fraction of sp³-hybridized carbons (Fsp3) is 0.938. The maximum Gasteiger partial charge on any atom is 0.227 e. The molecule has 1 amide bonds. The quantitative estimate of drug-likeness (QED) is 0.831. The molecule has 1 unspecified atom stereocenters. The van der Waals surface area contributed by atoms with Crippen molar-refractivity contribution in [1.82, 2.24) is 10.6 Å². The van der Waals surface area contributed by atoms with E-state index in [1.54, 1.807) is 0 Å². The molecule has 0 aromatic rings. The smallest absolute Gasteiger partial charge is 0.227 e. The predicted molar refractivity (Wildman–Crippen MR) is 80.6 cm³/mol. The molecule has 20 heavy (non-hydrogen) atoms. The summed E-state index contributed by atoms with van der Waals surface area (Å²) in [5.41, 5.74) is -0.219. The fourth-order valence-electron chi connectivity index (χ4n) is 3.34. The third-order valence-electron chi connectivity index (χ3n) is 4.62. The van der Waals surface area contributed by atoms with E-state index < -0.39 is 0 Å².